The minimum atomic E-state index is 0.0217. The largest absolute Gasteiger partial charge is 0.496 e. The van der Waals surface area contributed by atoms with Gasteiger partial charge < -0.3 is 15.6 Å². The summed E-state index contributed by atoms with van der Waals surface area (Å²) in [7, 11) is 1.64. The molecule has 0 saturated carbocycles. The molecular weight excluding hydrogens is 190 g/mol. The first-order valence-corrected chi connectivity index (χ1v) is 5.29. The SMILES string of the molecule is COc1c(CO)cccc1CCCCN. The fourth-order valence-electron chi connectivity index (χ4n) is 1.68. The van der Waals surface area contributed by atoms with Gasteiger partial charge in [0.05, 0.1) is 13.7 Å². The first-order valence-electron chi connectivity index (χ1n) is 5.29. The van der Waals surface area contributed by atoms with Gasteiger partial charge in [-0.15, -0.1) is 0 Å². The highest BCUT2D eigenvalue weighted by atomic mass is 16.5. The monoisotopic (exact) mass is 209 g/mol. The summed E-state index contributed by atoms with van der Waals surface area (Å²) in [4.78, 5) is 0. The minimum absolute atomic E-state index is 0.0217. The highest BCUT2D eigenvalue weighted by molar-refractivity contribution is 5.41. The van der Waals surface area contributed by atoms with Crippen LogP contribution in [0.15, 0.2) is 18.2 Å². The lowest BCUT2D eigenvalue weighted by Crippen LogP contribution is -2.01. The van der Waals surface area contributed by atoms with Crippen LogP contribution in [0.1, 0.15) is 24.0 Å². The normalized spacial score (nSPS) is 10.3. The number of hydrogen-bond donors (Lipinski definition) is 2. The van der Waals surface area contributed by atoms with Gasteiger partial charge in [-0.1, -0.05) is 18.2 Å². The van der Waals surface area contributed by atoms with Gasteiger partial charge in [-0.25, -0.2) is 0 Å². The van der Waals surface area contributed by atoms with Crippen molar-refractivity contribution in [2.24, 2.45) is 5.73 Å². The Labute approximate surface area is 90.9 Å². The lowest BCUT2D eigenvalue weighted by atomic mass is 10.0. The van der Waals surface area contributed by atoms with E-state index in [1.807, 2.05) is 18.2 Å². The van der Waals surface area contributed by atoms with E-state index < -0.39 is 0 Å². The summed E-state index contributed by atoms with van der Waals surface area (Å²) in [6, 6.07) is 5.87. The highest BCUT2D eigenvalue weighted by Gasteiger charge is 2.07. The van der Waals surface area contributed by atoms with E-state index in [1.54, 1.807) is 7.11 Å². The molecule has 0 aliphatic heterocycles. The van der Waals surface area contributed by atoms with Gasteiger partial charge in [0.15, 0.2) is 0 Å². The summed E-state index contributed by atoms with van der Waals surface area (Å²) >= 11 is 0. The molecule has 1 rings (SSSR count). The van der Waals surface area contributed by atoms with E-state index in [-0.39, 0.29) is 6.61 Å². The van der Waals surface area contributed by atoms with Crippen LogP contribution < -0.4 is 10.5 Å². The predicted octanol–water partition coefficient (Wildman–Crippen LogP) is 1.47. The van der Waals surface area contributed by atoms with Gasteiger partial charge >= 0.3 is 0 Å². The van der Waals surface area contributed by atoms with Crippen LogP contribution in [0.4, 0.5) is 0 Å². The van der Waals surface area contributed by atoms with Crippen LogP contribution >= 0.6 is 0 Å². The lowest BCUT2D eigenvalue weighted by Gasteiger charge is -2.11. The van der Waals surface area contributed by atoms with E-state index in [9.17, 15) is 0 Å². The van der Waals surface area contributed by atoms with E-state index >= 15 is 0 Å². The van der Waals surface area contributed by atoms with Crippen LogP contribution in [0.3, 0.4) is 0 Å². The van der Waals surface area contributed by atoms with E-state index in [0.717, 1.165) is 42.7 Å². The number of nitrogens with two attached hydrogens (primary N) is 1. The minimum Gasteiger partial charge on any atom is -0.496 e. The van der Waals surface area contributed by atoms with Crippen molar-refractivity contribution in [2.75, 3.05) is 13.7 Å². The molecule has 0 bridgehead atoms. The molecule has 0 amide bonds. The van der Waals surface area contributed by atoms with E-state index in [1.165, 1.54) is 0 Å². The Bertz CT molecular complexity index is 300. The summed E-state index contributed by atoms with van der Waals surface area (Å²) in [6.45, 7) is 0.746. The molecule has 3 N–H and O–H groups in total. The molecule has 3 nitrogen and oxygen atoms in total. The van der Waals surface area contributed by atoms with E-state index in [2.05, 4.69) is 0 Å². The number of methoxy groups -OCH3 is 1. The number of ether oxygens (including phenoxy) is 1. The third-order valence-electron chi connectivity index (χ3n) is 2.45. The smallest absolute Gasteiger partial charge is 0.127 e. The fraction of sp³-hybridized carbons (Fsp3) is 0.500. The molecule has 0 aromatic heterocycles. The summed E-state index contributed by atoms with van der Waals surface area (Å²) in [5, 5.41) is 9.15. The van der Waals surface area contributed by atoms with Gasteiger partial charge in [0.2, 0.25) is 0 Å². The number of benzene rings is 1. The third kappa shape index (κ3) is 3.22. The molecule has 0 unspecified atom stereocenters. The number of aryl methyl sites for hydroxylation is 1. The number of para-hydroxylation sites is 1. The summed E-state index contributed by atoms with van der Waals surface area (Å²) in [5.74, 6) is 0.817. The predicted molar refractivity (Wildman–Crippen MR) is 60.9 cm³/mol. The van der Waals surface area contributed by atoms with Gasteiger partial charge in [-0.2, -0.15) is 0 Å². The van der Waals surface area contributed by atoms with Crippen molar-refractivity contribution in [3.05, 3.63) is 29.3 Å². The molecule has 0 saturated heterocycles. The maximum absolute atomic E-state index is 9.15. The zero-order valence-corrected chi connectivity index (χ0v) is 9.20. The van der Waals surface area contributed by atoms with Gasteiger partial charge in [0.25, 0.3) is 0 Å². The Morgan fingerprint density at radius 2 is 2.00 bits per heavy atom. The highest BCUT2D eigenvalue weighted by Crippen LogP contribution is 2.25. The second-order valence-electron chi connectivity index (χ2n) is 3.51. The average Bonchev–Trinajstić information content (AvgIpc) is 2.29. The van der Waals surface area contributed by atoms with E-state index in [4.69, 9.17) is 15.6 Å². The molecular formula is C12H19NO2. The summed E-state index contributed by atoms with van der Waals surface area (Å²) < 4.78 is 5.31. The van der Waals surface area contributed by atoms with Crippen molar-refractivity contribution in [3.63, 3.8) is 0 Å². The van der Waals surface area contributed by atoms with Gasteiger partial charge in [-0.05, 0) is 31.4 Å². The Morgan fingerprint density at radius 3 is 2.60 bits per heavy atom. The fourth-order valence-corrected chi connectivity index (χ4v) is 1.68. The standard InChI is InChI=1S/C12H19NO2/c1-15-12-10(5-2-3-8-13)6-4-7-11(12)9-14/h4,6-7,14H,2-3,5,8-9,13H2,1H3. The molecule has 0 atom stereocenters. The van der Waals surface area contributed by atoms with Crippen LogP contribution in [0.25, 0.3) is 0 Å². The number of hydrogen-bond acceptors (Lipinski definition) is 3. The number of unbranched alkanes of at least 4 members (excludes halogenated alkanes) is 1. The maximum Gasteiger partial charge on any atom is 0.127 e. The van der Waals surface area contributed by atoms with Crippen molar-refractivity contribution in [3.8, 4) is 5.75 Å². The van der Waals surface area contributed by atoms with Crippen molar-refractivity contribution in [2.45, 2.75) is 25.9 Å². The molecule has 0 radical (unpaired) electrons. The molecule has 15 heavy (non-hydrogen) atoms. The molecule has 0 fully saturated rings. The number of rotatable bonds is 6. The van der Waals surface area contributed by atoms with Gasteiger partial charge in [-0.3, -0.25) is 0 Å². The number of aliphatic hydroxyl groups is 1. The van der Waals surface area contributed by atoms with Gasteiger partial charge in [0, 0.05) is 5.56 Å². The average molecular weight is 209 g/mol. The Hall–Kier alpha value is -1.06. The molecule has 0 heterocycles. The molecule has 0 aliphatic carbocycles. The number of aliphatic hydroxyl groups excluding tert-OH is 1. The van der Waals surface area contributed by atoms with Gasteiger partial charge in [0.1, 0.15) is 5.75 Å². The zero-order chi connectivity index (χ0) is 11.1. The quantitative estimate of drug-likeness (QED) is 0.697. The van der Waals surface area contributed by atoms with Crippen LogP contribution in [-0.4, -0.2) is 18.8 Å². The second kappa shape index (κ2) is 6.43. The zero-order valence-electron chi connectivity index (χ0n) is 9.20. The molecule has 1 aromatic carbocycles. The lowest BCUT2D eigenvalue weighted by molar-refractivity contribution is 0.273. The molecule has 3 heteroatoms. The first kappa shape index (κ1) is 12.0. The van der Waals surface area contributed by atoms with Crippen LogP contribution in [0, 0.1) is 0 Å². The van der Waals surface area contributed by atoms with Crippen molar-refractivity contribution >= 4 is 0 Å². The molecule has 0 aliphatic rings. The van der Waals surface area contributed by atoms with Crippen molar-refractivity contribution in [1.82, 2.24) is 0 Å². The Kier molecular flexibility index (Phi) is 5.15. The van der Waals surface area contributed by atoms with Crippen LogP contribution in [0.5, 0.6) is 5.75 Å². The van der Waals surface area contributed by atoms with Crippen molar-refractivity contribution in [1.29, 1.82) is 0 Å². The molecule has 1 aromatic rings. The summed E-state index contributed by atoms with van der Waals surface area (Å²) in [6.07, 6.45) is 3.03. The Balaban J connectivity index is 2.76. The summed E-state index contributed by atoms with van der Waals surface area (Å²) in [5.41, 5.74) is 7.45. The topological polar surface area (TPSA) is 55.5 Å². The second-order valence-corrected chi connectivity index (χ2v) is 3.51. The third-order valence-corrected chi connectivity index (χ3v) is 2.45. The van der Waals surface area contributed by atoms with Crippen molar-refractivity contribution < 1.29 is 9.84 Å². The maximum atomic E-state index is 9.15. The molecule has 0 spiro atoms. The first-order chi connectivity index (χ1) is 7.33. The van der Waals surface area contributed by atoms with Crippen LogP contribution in [0.2, 0.25) is 0 Å². The van der Waals surface area contributed by atoms with E-state index in [0.29, 0.717) is 0 Å². The Morgan fingerprint density at radius 1 is 1.27 bits per heavy atom. The molecule has 84 valence electrons. The van der Waals surface area contributed by atoms with Crippen LogP contribution in [-0.2, 0) is 13.0 Å².